The van der Waals surface area contributed by atoms with Gasteiger partial charge in [0.05, 0.1) is 35.4 Å². The highest BCUT2D eigenvalue weighted by Gasteiger charge is 2.38. The molecule has 2 aromatic carbocycles. The van der Waals surface area contributed by atoms with Gasteiger partial charge in [-0.2, -0.15) is 13.2 Å². The van der Waals surface area contributed by atoms with E-state index in [1.165, 1.54) is 6.92 Å². The van der Waals surface area contributed by atoms with Crippen molar-refractivity contribution in [3.05, 3.63) is 82.4 Å². The van der Waals surface area contributed by atoms with Crippen molar-refractivity contribution in [2.45, 2.75) is 58.8 Å². The molecule has 0 unspecified atom stereocenters. The van der Waals surface area contributed by atoms with Gasteiger partial charge in [-0.05, 0) is 51.0 Å². The van der Waals surface area contributed by atoms with E-state index in [9.17, 15) is 31.5 Å². The van der Waals surface area contributed by atoms with Crippen molar-refractivity contribution in [3.8, 4) is 11.3 Å². The van der Waals surface area contributed by atoms with Crippen LogP contribution in [0.2, 0.25) is 0 Å². The summed E-state index contributed by atoms with van der Waals surface area (Å²) < 4.78 is 74.1. The molecule has 13 heteroatoms. The van der Waals surface area contributed by atoms with Crippen LogP contribution in [0.25, 0.3) is 22.2 Å². The molecule has 0 aliphatic rings. The predicted octanol–water partition coefficient (Wildman–Crippen LogP) is 6.16. The van der Waals surface area contributed by atoms with Crippen LogP contribution in [-0.2, 0) is 16.0 Å². The Labute approximate surface area is 250 Å². The number of hydrogen-bond donors (Lipinski definition) is 2. The van der Waals surface area contributed by atoms with Gasteiger partial charge in [-0.1, -0.05) is 25.1 Å². The van der Waals surface area contributed by atoms with Gasteiger partial charge < -0.3 is 15.4 Å². The Bertz CT molecular complexity index is 1700. The first-order chi connectivity index (χ1) is 20.7. The summed E-state index contributed by atoms with van der Waals surface area (Å²) in [7, 11) is 1.10. The first-order valence-corrected chi connectivity index (χ1v) is 13.6. The van der Waals surface area contributed by atoms with E-state index in [4.69, 9.17) is 4.74 Å². The number of methoxy groups -OCH3 is 1. The number of carbonyl (C=O) groups excluding carboxylic acids is 2. The van der Waals surface area contributed by atoms with E-state index in [-0.39, 0.29) is 6.42 Å². The second kappa shape index (κ2) is 12.9. The van der Waals surface area contributed by atoms with Crippen molar-refractivity contribution in [1.29, 1.82) is 0 Å². The molecule has 0 bridgehead atoms. The van der Waals surface area contributed by atoms with Crippen LogP contribution in [0.3, 0.4) is 0 Å². The molecule has 0 radical (unpaired) electrons. The number of rotatable bonds is 9. The van der Waals surface area contributed by atoms with Gasteiger partial charge in [-0.25, -0.2) is 18.6 Å². The highest BCUT2D eigenvalue weighted by atomic mass is 19.4. The number of ether oxygens (including phenoxy) is 1. The zero-order valence-electron chi connectivity index (χ0n) is 24.6. The number of anilines is 1. The van der Waals surface area contributed by atoms with Crippen LogP contribution < -0.4 is 10.6 Å². The number of halogens is 5. The van der Waals surface area contributed by atoms with Crippen LogP contribution in [0.1, 0.15) is 46.3 Å². The Hall–Kier alpha value is -4.68. The number of aryl methyl sites for hydroxylation is 3. The minimum atomic E-state index is -4.66. The maximum atomic E-state index is 14.9. The number of amides is 1. The van der Waals surface area contributed by atoms with E-state index in [0.29, 0.717) is 45.6 Å². The van der Waals surface area contributed by atoms with Gasteiger partial charge in [0, 0.05) is 29.3 Å². The van der Waals surface area contributed by atoms with Gasteiger partial charge in [0.15, 0.2) is 0 Å². The molecule has 2 atom stereocenters. The fourth-order valence-electron chi connectivity index (χ4n) is 4.85. The molecular formula is C31H30F5N5O3. The fourth-order valence-corrected chi connectivity index (χ4v) is 4.85. The predicted molar refractivity (Wildman–Crippen MR) is 154 cm³/mol. The lowest BCUT2D eigenvalue weighted by Gasteiger charge is -2.22. The van der Waals surface area contributed by atoms with Gasteiger partial charge >= 0.3 is 12.1 Å². The number of nitrogens with zero attached hydrogens (tertiary/aromatic N) is 3. The molecular weight excluding hydrogens is 585 g/mol. The number of hydrogen-bond acceptors (Lipinski definition) is 7. The van der Waals surface area contributed by atoms with Gasteiger partial charge in [0.1, 0.15) is 29.3 Å². The first kappa shape index (κ1) is 32.2. The molecule has 232 valence electrons. The Morgan fingerprint density at radius 3 is 2.25 bits per heavy atom. The van der Waals surface area contributed by atoms with E-state index in [1.54, 1.807) is 30.5 Å². The topological polar surface area (TPSA) is 106 Å². The highest BCUT2D eigenvalue weighted by Crippen LogP contribution is 2.31. The Morgan fingerprint density at radius 2 is 1.64 bits per heavy atom. The first-order valence-electron chi connectivity index (χ1n) is 13.6. The lowest BCUT2D eigenvalue weighted by molar-refractivity contribution is -0.143. The normalized spacial score (nSPS) is 13.0. The number of fused-ring (bicyclic) bond motifs is 1. The summed E-state index contributed by atoms with van der Waals surface area (Å²) in [5, 5.41) is 4.98. The third kappa shape index (κ3) is 6.76. The summed E-state index contributed by atoms with van der Waals surface area (Å²) in [5.74, 6) is -4.99. The number of esters is 1. The summed E-state index contributed by atoms with van der Waals surface area (Å²) in [5.41, 5.74) is 3.15. The third-order valence-corrected chi connectivity index (χ3v) is 7.22. The minimum absolute atomic E-state index is 0.134. The molecule has 4 rings (SSSR count). The SMILES string of the molecule is CC[C@@H](Nc1cc(F)c(C(=O)N[C@@H](Cc2ccc(-c3nc(C)c(C)nc3C)c3ncccc23)C(=O)OC)c(F)c1)C(F)(F)F. The average molecular weight is 616 g/mol. The van der Waals surface area contributed by atoms with Crippen LogP contribution in [0.4, 0.5) is 27.6 Å². The smallest absolute Gasteiger partial charge is 0.408 e. The van der Waals surface area contributed by atoms with E-state index in [1.807, 2.05) is 26.1 Å². The third-order valence-electron chi connectivity index (χ3n) is 7.22. The van der Waals surface area contributed by atoms with E-state index in [0.717, 1.165) is 18.5 Å². The lowest BCUT2D eigenvalue weighted by atomic mass is 9.96. The zero-order valence-corrected chi connectivity index (χ0v) is 24.6. The van der Waals surface area contributed by atoms with Crippen LogP contribution in [0, 0.1) is 32.4 Å². The maximum absolute atomic E-state index is 14.9. The van der Waals surface area contributed by atoms with Gasteiger partial charge in [0.25, 0.3) is 5.91 Å². The quantitative estimate of drug-likeness (QED) is 0.172. The molecule has 0 aliphatic carbocycles. The second-order valence-electron chi connectivity index (χ2n) is 10.2. The number of carbonyl (C=O) groups is 2. The van der Waals surface area contributed by atoms with Crippen molar-refractivity contribution in [2.75, 3.05) is 12.4 Å². The van der Waals surface area contributed by atoms with Crippen molar-refractivity contribution >= 4 is 28.5 Å². The number of benzene rings is 2. The van der Waals surface area contributed by atoms with Crippen molar-refractivity contribution in [3.63, 3.8) is 0 Å². The number of pyridine rings is 1. The van der Waals surface area contributed by atoms with Crippen LogP contribution >= 0.6 is 0 Å². The fraction of sp³-hybridized carbons (Fsp3) is 0.323. The van der Waals surface area contributed by atoms with Gasteiger partial charge in [-0.3, -0.25) is 14.8 Å². The van der Waals surface area contributed by atoms with E-state index < -0.39 is 59.4 Å². The molecule has 4 aromatic rings. The Morgan fingerprint density at radius 1 is 0.977 bits per heavy atom. The Balaban J connectivity index is 1.65. The second-order valence-corrected chi connectivity index (χ2v) is 10.2. The van der Waals surface area contributed by atoms with Crippen molar-refractivity contribution < 1.29 is 36.3 Å². The van der Waals surface area contributed by atoms with Crippen LogP contribution in [0.15, 0.2) is 42.6 Å². The molecule has 1 amide bonds. The van der Waals surface area contributed by atoms with Crippen molar-refractivity contribution in [1.82, 2.24) is 20.3 Å². The Kier molecular flexibility index (Phi) is 9.45. The summed E-state index contributed by atoms with van der Waals surface area (Å²) in [6, 6.07) is 4.72. The molecule has 0 saturated heterocycles. The van der Waals surface area contributed by atoms with Crippen LogP contribution in [0.5, 0.6) is 0 Å². The van der Waals surface area contributed by atoms with Crippen molar-refractivity contribution in [2.24, 2.45) is 0 Å². The molecule has 0 saturated carbocycles. The number of aromatic nitrogens is 3. The highest BCUT2D eigenvalue weighted by molar-refractivity contribution is 5.98. The van der Waals surface area contributed by atoms with Gasteiger partial charge in [0.2, 0.25) is 0 Å². The zero-order chi connectivity index (χ0) is 32.3. The number of alkyl halides is 3. The minimum Gasteiger partial charge on any atom is -0.467 e. The lowest BCUT2D eigenvalue weighted by Crippen LogP contribution is -2.43. The molecule has 2 heterocycles. The summed E-state index contributed by atoms with van der Waals surface area (Å²) in [6.07, 6.45) is -3.58. The summed E-state index contributed by atoms with van der Waals surface area (Å²) in [4.78, 5) is 39.5. The summed E-state index contributed by atoms with van der Waals surface area (Å²) >= 11 is 0. The van der Waals surface area contributed by atoms with Crippen LogP contribution in [-0.4, -0.2) is 52.2 Å². The molecule has 2 N–H and O–H groups in total. The molecule has 2 aromatic heterocycles. The largest absolute Gasteiger partial charge is 0.467 e. The molecule has 44 heavy (non-hydrogen) atoms. The average Bonchev–Trinajstić information content (AvgIpc) is 2.96. The van der Waals surface area contributed by atoms with E-state index >= 15 is 0 Å². The molecule has 0 spiro atoms. The van der Waals surface area contributed by atoms with E-state index in [2.05, 4.69) is 20.3 Å². The monoisotopic (exact) mass is 615 g/mol. The molecule has 8 nitrogen and oxygen atoms in total. The molecule has 0 fully saturated rings. The summed E-state index contributed by atoms with van der Waals surface area (Å²) in [6.45, 7) is 6.80. The maximum Gasteiger partial charge on any atom is 0.408 e. The standard InChI is InChI=1S/C31H30F5N5O3/c1-6-25(31(34,35)36)40-19-13-22(32)26(23(33)14-19)29(42)41-24(30(43)44-5)12-18-9-10-21(28-20(18)8-7-11-37-28)27-17(4)38-15(2)16(3)39-27/h7-11,13-14,24-25,40H,6,12H2,1-5H3,(H,41,42)/t24-,25+/m0/s1. The molecule has 0 aliphatic heterocycles. The van der Waals surface area contributed by atoms with Gasteiger partial charge in [-0.15, -0.1) is 0 Å². The number of nitrogens with one attached hydrogen (secondary N) is 2.